The fourth-order valence-electron chi connectivity index (χ4n) is 3.39. The SMILES string of the molecule is CC(C)[C@H](NC(=O)Cc1cccc2ccccc12)C(=O)OCc1ccccc1[N+](=O)[O-]. The summed E-state index contributed by atoms with van der Waals surface area (Å²) in [6.45, 7) is 3.36. The van der Waals surface area contributed by atoms with E-state index in [0.717, 1.165) is 16.3 Å². The van der Waals surface area contributed by atoms with E-state index in [9.17, 15) is 19.7 Å². The minimum Gasteiger partial charge on any atom is -0.459 e. The molecule has 0 unspecified atom stereocenters. The second-order valence-corrected chi connectivity index (χ2v) is 7.60. The number of esters is 1. The summed E-state index contributed by atoms with van der Waals surface area (Å²) >= 11 is 0. The number of nitro groups is 1. The van der Waals surface area contributed by atoms with Crippen molar-refractivity contribution in [2.75, 3.05) is 0 Å². The monoisotopic (exact) mass is 420 g/mol. The molecule has 31 heavy (non-hydrogen) atoms. The smallest absolute Gasteiger partial charge is 0.329 e. The lowest BCUT2D eigenvalue weighted by atomic mass is 10.0. The molecule has 1 N–H and O–H groups in total. The summed E-state index contributed by atoms with van der Waals surface area (Å²) in [5.74, 6) is -1.13. The molecule has 3 rings (SSSR count). The number of para-hydroxylation sites is 1. The quantitative estimate of drug-likeness (QED) is 0.335. The Balaban J connectivity index is 1.67. The van der Waals surface area contributed by atoms with Crippen LogP contribution in [-0.2, 0) is 27.4 Å². The molecular formula is C24H24N2O5. The Hall–Kier alpha value is -3.74. The minimum absolute atomic E-state index is 0.114. The first-order chi connectivity index (χ1) is 14.9. The first-order valence-electron chi connectivity index (χ1n) is 10.0. The maximum absolute atomic E-state index is 12.7. The maximum Gasteiger partial charge on any atom is 0.329 e. The number of carbonyl (C=O) groups excluding carboxylic acids is 2. The van der Waals surface area contributed by atoms with Crippen LogP contribution in [0.25, 0.3) is 10.8 Å². The van der Waals surface area contributed by atoms with Crippen LogP contribution >= 0.6 is 0 Å². The highest BCUT2D eigenvalue weighted by Crippen LogP contribution is 2.20. The third kappa shape index (κ3) is 5.45. The summed E-state index contributed by atoms with van der Waals surface area (Å²) in [6, 6.07) is 18.8. The molecule has 0 aliphatic rings. The summed E-state index contributed by atoms with van der Waals surface area (Å²) in [5.41, 5.74) is 1.05. The van der Waals surface area contributed by atoms with E-state index in [0.29, 0.717) is 5.56 Å². The Morgan fingerprint density at radius 2 is 1.61 bits per heavy atom. The molecule has 0 saturated heterocycles. The first kappa shape index (κ1) is 22.0. The van der Waals surface area contributed by atoms with Gasteiger partial charge in [0.2, 0.25) is 5.91 Å². The predicted molar refractivity (Wildman–Crippen MR) is 117 cm³/mol. The van der Waals surface area contributed by atoms with Crippen LogP contribution in [-0.4, -0.2) is 22.8 Å². The summed E-state index contributed by atoms with van der Waals surface area (Å²) in [4.78, 5) is 35.9. The number of ether oxygens (including phenoxy) is 1. The van der Waals surface area contributed by atoms with Gasteiger partial charge >= 0.3 is 5.97 Å². The molecule has 3 aromatic carbocycles. The second-order valence-electron chi connectivity index (χ2n) is 7.60. The average Bonchev–Trinajstić information content (AvgIpc) is 2.76. The van der Waals surface area contributed by atoms with E-state index in [1.54, 1.807) is 26.0 Å². The van der Waals surface area contributed by atoms with E-state index in [-0.39, 0.29) is 30.5 Å². The summed E-state index contributed by atoms with van der Waals surface area (Å²) in [5, 5.41) is 15.9. The number of hydrogen-bond donors (Lipinski definition) is 1. The molecule has 160 valence electrons. The fraction of sp³-hybridized carbons (Fsp3) is 0.250. The van der Waals surface area contributed by atoms with E-state index in [1.165, 1.54) is 12.1 Å². The van der Waals surface area contributed by atoms with Gasteiger partial charge in [0.15, 0.2) is 0 Å². The number of hydrogen-bond acceptors (Lipinski definition) is 5. The van der Waals surface area contributed by atoms with Gasteiger partial charge in [-0.3, -0.25) is 14.9 Å². The van der Waals surface area contributed by atoms with Crippen LogP contribution < -0.4 is 5.32 Å². The lowest BCUT2D eigenvalue weighted by Gasteiger charge is -2.21. The van der Waals surface area contributed by atoms with Gasteiger partial charge in [-0.25, -0.2) is 4.79 Å². The van der Waals surface area contributed by atoms with Gasteiger partial charge in [0.05, 0.1) is 16.9 Å². The van der Waals surface area contributed by atoms with Gasteiger partial charge in [-0.15, -0.1) is 0 Å². The number of amides is 1. The number of nitrogens with one attached hydrogen (secondary N) is 1. The van der Waals surface area contributed by atoms with Crippen molar-refractivity contribution in [3.63, 3.8) is 0 Å². The standard InChI is InChI=1S/C24H24N2O5/c1-16(2)23(24(28)31-15-19-9-4-6-13-21(19)26(29)30)25-22(27)14-18-11-7-10-17-8-3-5-12-20(17)18/h3-13,16,23H,14-15H2,1-2H3,(H,25,27)/t23-/m0/s1. The topological polar surface area (TPSA) is 98.5 Å². The van der Waals surface area contributed by atoms with Crippen LogP contribution in [0.5, 0.6) is 0 Å². The first-order valence-corrected chi connectivity index (χ1v) is 10.0. The van der Waals surface area contributed by atoms with Crippen molar-refractivity contribution in [2.45, 2.75) is 32.9 Å². The van der Waals surface area contributed by atoms with Crippen LogP contribution in [0, 0.1) is 16.0 Å². The van der Waals surface area contributed by atoms with Crippen LogP contribution in [0.2, 0.25) is 0 Å². The van der Waals surface area contributed by atoms with Crippen LogP contribution in [0.15, 0.2) is 66.7 Å². The van der Waals surface area contributed by atoms with E-state index < -0.39 is 16.9 Å². The van der Waals surface area contributed by atoms with Gasteiger partial charge in [0, 0.05) is 6.07 Å². The molecule has 0 fully saturated rings. The molecule has 0 aliphatic carbocycles. The molecule has 0 aliphatic heterocycles. The summed E-state index contributed by atoms with van der Waals surface area (Å²) < 4.78 is 5.31. The molecule has 0 bridgehead atoms. The summed E-state index contributed by atoms with van der Waals surface area (Å²) in [6.07, 6.45) is 0.127. The maximum atomic E-state index is 12.7. The highest BCUT2D eigenvalue weighted by atomic mass is 16.6. The number of rotatable bonds is 8. The van der Waals surface area contributed by atoms with Crippen LogP contribution in [0.3, 0.4) is 0 Å². The van der Waals surface area contributed by atoms with Gasteiger partial charge in [-0.1, -0.05) is 68.4 Å². The lowest BCUT2D eigenvalue weighted by molar-refractivity contribution is -0.385. The Morgan fingerprint density at radius 1 is 0.968 bits per heavy atom. The van der Waals surface area contributed by atoms with Crippen LogP contribution in [0.1, 0.15) is 25.0 Å². The molecule has 3 aromatic rings. The Kier molecular flexibility index (Phi) is 6.97. The zero-order valence-corrected chi connectivity index (χ0v) is 17.4. The van der Waals surface area contributed by atoms with Crippen molar-refractivity contribution in [2.24, 2.45) is 5.92 Å². The highest BCUT2D eigenvalue weighted by molar-refractivity contribution is 5.91. The van der Waals surface area contributed by atoms with Gasteiger partial charge in [0.1, 0.15) is 12.6 Å². The van der Waals surface area contributed by atoms with Crippen molar-refractivity contribution in [3.8, 4) is 0 Å². The number of fused-ring (bicyclic) bond motifs is 1. The largest absolute Gasteiger partial charge is 0.459 e. The van der Waals surface area contributed by atoms with Crippen molar-refractivity contribution in [1.29, 1.82) is 0 Å². The number of nitro benzene ring substituents is 1. The number of benzene rings is 3. The lowest BCUT2D eigenvalue weighted by Crippen LogP contribution is -2.45. The summed E-state index contributed by atoms with van der Waals surface area (Å²) in [7, 11) is 0. The molecule has 0 spiro atoms. The van der Waals surface area contributed by atoms with Crippen molar-refractivity contribution >= 4 is 28.3 Å². The predicted octanol–water partition coefficient (Wildman–Crippen LogP) is 4.17. The van der Waals surface area contributed by atoms with Crippen molar-refractivity contribution in [3.05, 3.63) is 88.0 Å². The molecular weight excluding hydrogens is 396 g/mol. The van der Waals surface area contributed by atoms with Gasteiger partial charge in [0.25, 0.3) is 5.69 Å². The van der Waals surface area contributed by atoms with E-state index in [2.05, 4.69) is 5.32 Å². The third-order valence-electron chi connectivity index (χ3n) is 5.03. The Bertz CT molecular complexity index is 1100. The highest BCUT2D eigenvalue weighted by Gasteiger charge is 2.26. The van der Waals surface area contributed by atoms with Crippen molar-refractivity contribution in [1.82, 2.24) is 5.32 Å². The normalized spacial score (nSPS) is 11.8. The third-order valence-corrected chi connectivity index (χ3v) is 5.03. The molecule has 0 saturated carbocycles. The van der Waals surface area contributed by atoms with E-state index in [4.69, 9.17) is 4.74 Å². The van der Waals surface area contributed by atoms with Gasteiger partial charge in [-0.2, -0.15) is 0 Å². The number of carbonyl (C=O) groups is 2. The van der Waals surface area contributed by atoms with E-state index in [1.807, 2.05) is 42.5 Å². The van der Waals surface area contributed by atoms with Gasteiger partial charge < -0.3 is 10.1 Å². The molecule has 1 atom stereocenters. The minimum atomic E-state index is -0.856. The fourth-order valence-corrected chi connectivity index (χ4v) is 3.39. The van der Waals surface area contributed by atoms with Crippen molar-refractivity contribution < 1.29 is 19.2 Å². The molecule has 7 heteroatoms. The molecule has 0 aromatic heterocycles. The zero-order chi connectivity index (χ0) is 22.4. The van der Waals surface area contributed by atoms with Crippen LogP contribution in [0.4, 0.5) is 5.69 Å². The number of nitrogens with zero attached hydrogens (tertiary/aromatic N) is 1. The Morgan fingerprint density at radius 3 is 2.35 bits per heavy atom. The molecule has 7 nitrogen and oxygen atoms in total. The Labute approximate surface area is 180 Å². The molecule has 0 heterocycles. The van der Waals surface area contributed by atoms with Gasteiger partial charge in [-0.05, 0) is 28.3 Å². The zero-order valence-electron chi connectivity index (χ0n) is 17.4. The molecule has 0 radical (unpaired) electrons. The molecule has 1 amide bonds. The van der Waals surface area contributed by atoms with E-state index >= 15 is 0 Å². The average molecular weight is 420 g/mol. The second kappa shape index (κ2) is 9.84.